The van der Waals surface area contributed by atoms with Crippen molar-refractivity contribution in [3.05, 3.63) is 59.9 Å². The van der Waals surface area contributed by atoms with Gasteiger partial charge in [-0.15, -0.1) is 0 Å². The summed E-state index contributed by atoms with van der Waals surface area (Å²) in [6.07, 6.45) is -3.26. The van der Waals surface area contributed by atoms with Gasteiger partial charge in [-0.1, -0.05) is 37.3 Å². The van der Waals surface area contributed by atoms with Crippen molar-refractivity contribution >= 4 is 28.5 Å². The molecule has 4 heterocycles. The van der Waals surface area contributed by atoms with E-state index in [0.29, 0.717) is 63.1 Å². The summed E-state index contributed by atoms with van der Waals surface area (Å²) in [5.74, 6) is 0.771. The van der Waals surface area contributed by atoms with E-state index in [2.05, 4.69) is 32.2 Å². The first-order chi connectivity index (χ1) is 19.1. The summed E-state index contributed by atoms with van der Waals surface area (Å²) in [5, 5.41) is 3.39. The molecule has 3 aromatic rings. The highest BCUT2D eigenvalue weighted by atomic mass is 19.3. The van der Waals surface area contributed by atoms with Crippen molar-refractivity contribution < 1.29 is 18.3 Å². The fourth-order valence-corrected chi connectivity index (χ4v) is 5.59. The average molecular weight is 538 g/mol. The molecule has 206 valence electrons. The molecular formula is C28H33F2N7O2. The van der Waals surface area contributed by atoms with Gasteiger partial charge in [0.15, 0.2) is 5.82 Å². The number of aliphatic imine (C=N–C) groups is 2. The number of anilines is 1. The molecule has 11 heteroatoms. The minimum absolute atomic E-state index is 0.210. The van der Waals surface area contributed by atoms with E-state index in [0.717, 1.165) is 30.2 Å². The van der Waals surface area contributed by atoms with Crippen molar-refractivity contribution in [3.63, 3.8) is 0 Å². The van der Waals surface area contributed by atoms with Crippen molar-refractivity contribution in [2.24, 2.45) is 15.9 Å². The molecule has 0 spiro atoms. The summed E-state index contributed by atoms with van der Waals surface area (Å²) < 4.78 is 41.3. The topological polar surface area (TPSA) is 79.5 Å². The van der Waals surface area contributed by atoms with Gasteiger partial charge in [0.05, 0.1) is 49.9 Å². The number of alkyl halides is 2. The number of ether oxygens (including phenoxy) is 2. The monoisotopic (exact) mass is 537 g/mol. The van der Waals surface area contributed by atoms with Gasteiger partial charge in [-0.05, 0) is 23.8 Å². The smallest absolute Gasteiger partial charge is 0.295 e. The van der Waals surface area contributed by atoms with E-state index in [1.807, 2.05) is 37.3 Å². The maximum absolute atomic E-state index is 14.3. The molecule has 1 aromatic heterocycles. The van der Waals surface area contributed by atoms with Gasteiger partial charge in [0, 0.05) is 31.9 Å². The van der Waals surface area contributed by atoms with Crippen LogP contribution in [0.15, 0.2) is 58.5 Å². The lowest BCUT2D eigenvalue weighted by molar-refractivity contribution is 0.0646. The van der Waals surface area contributed by atoms with Gasteiger partial charge in [-0.3, -0.25) is 0 Å². The molecule has 2 unspecified atom stereocenters. The van der Waals surface area contributed by atoms with E-state index in [1.165, 1.54) is 0 Å². The molecule has 2 fully saturated rings. The number of nitrogens with zero attached hydrogens (tertiary/aromatic N) is 6. The number of nitrogens with one attached hydrogen (secondary N) is 1. The van der Waals surface area contributed by atoms with Crippen molar-refractivity contribution in [2.75, 3.05) is 57.5 Å². The Kier molecular flexibility index (Phi) is 7.43. The fourth-order valence-electron chi connectivity index (χ4n) is 5.59. The third-order valence-electron chi connectivity index (χ3n) is 7.55. The number of aromatic nitrogens is 2. The van der Waals surface area contributed by atoms with E-state index in [1.54, 1.807) is 10.6 Å². The Morgan fingerprint density at radius 3 is 2.36 bits per heavy atom. The molecule has 2 atom stereocenters. The molecule has 39 heavy (non-hydrogen) atoms. The van der Waals surface area contributed by atoms with Gasteiger partial charge in [0.25, 0.3) is 6.43 Å². The molecule has 3 aliphatic rings. The van der Waals surface area contributed by atoms with Crippen molar-refractivity contribution in [1.82, 2.24) is 19.8 Å². The van der Waals surface area contributed by atoms with E-state index >= 15 is 0 Å². The summed E-state index contributed by atoms with van der Waals surface area (Å²) >= 11 is 0. The predicted molar refractivity (Wildman–Crippen MR) is 146 cm³/mol. The van der Waals surface area contributed by atoms with E-state index in [4.69, 9.17) is 19.5 Å². The third kappa shape index (κ3) is 5.20. The summed E-state index contributed by atoms with van der Waals surface area (Å²) in [6, 6.07) is 15.5. The van der Waals surface area contributed by atoms with Crippen LogP contribution >= 0.6 is 0 Å². The zero-order valence-corrected chi connectivity index (χ0v) is 22.0. The molecule has 2 saturated heterocycles. The first kappa shape index (κ1) is 25.7. The summed E-state index contributed by atoms with van der Waals surface area (Å²) in [6.45, 7) is 8.04. The number of guanidine groups is 1. The van der Waals surface area contributed by atoms with Crippen molar-refractivity contribution in [3.8, 4) is 0 Å². The van der Waals surface area contributed by atoms with Gasteiger partial charge in [0.2, 0.25) is 5.96 Å². The zero-order chi connectivity index (χ0) is 26.8. The quantitative estimate of drug-likeness (QED) is 0.533. The number of fused-ring (bicyclic) bond motifs is 1. The number of amidine groups is 1. The molecule has 0 saturated carbocycles. The van der Waals surface area contributed by atoms with Gasteiger partial charge < -0.3 is 29.2 Å². The lowest BCUT2D eigenvalue weighted by atomic mass is 10.0. The summed E-state index contributed by atoms with van der Waals surface area (Å²) in [7, 11) is 0. The number of rotatable bonds is 5. The molecule has 0 bridgehead atoms. The Labute approximate surface area is 226 Å². The minimum Gasteiger partial charge on any atom is -0.378 e. The normalized spacial score (nSPS) is 23.4. The first-order valence-corrected chi connectivity index (χ1v) is 13.5. The van der Waals surface area contributed by atoms with E-state index < -0.39 is 12.6 Å². The number of benzene rings is 2. The van der Waals surface area contributed by atoms with E-state index in [-0.39, 0.29) is 11.7 Å². The molecule has 6 rings (SSSR count). The highest BCUT2D eigenvalue weighted by molar-refractivity contribution is 6.00. The number of halogens is 2. The Balaban J connectivity index is 1.38. The van der Waals surface area contributed by atoms with Gasteiger partial charge in [0.1, 0.15) is 12.0 Å². The zero-order valence-electron chi connectivity index (χ0n) is 22.0. The Morgan fingerprint density at radius 2 is 1.62 bits per heavy atom. The van der Waals surface area contributed by atoms with E-state index in [9.17, 15) is 8.78 Å². The molecule has 0 aliphatic carbocycles. The van der Waals surface area contributed by atoms with Crippen LogP contribution in [0.5, 0.6) is 0 Å². The number of hydrogen-bond acceptors (Lipinski definition) is 6. The Bertz CT molecular complexity index is 1360. The highest BCUT2D eigenvalue weighted by Gasteiger charge is 2.36. The summed E-state index contributed by atoms with van der Waals surface area (Å²) in [5.41, 5.74) is 3.39. The molecule has 3 aliphatic heterocycles. The predicted octanol–water partition coefficient (Wildman–Crippen LogP) is 3.84. The molecular weight excluding hydrogens is 504 g/mol. The Morgan fingerprint density at radius 1 is 0.949 bits per heavy atom. The van der Waals surface area contributed by atoms with Crippen LogP contribution in [0, 0.1) is 5.92 Å². The lowest BCUT2D eigenvalue weighted by Crippen LogP contribution is -2.52. The Hall–Kier alpha value is -3.57. The van der Waals surface area contributed by atoms with Crippen LogP contribution in [0.1, 0.15) is 30.9 Å². The lowest BCUT2D eigenvalue weighted by Gasteiger charge is -2.39. The summed E-state index contributed by atoms with van der Waals surface area (Å²) in [4.78, 5) is 18.6. The third-order valence-corrected chi connectivity index (χ3v) is 7.55. The van der Waals surface area contributed by atoms with Crippen LogP contribution in [-0.2, 0) is 16.0 Å². The van der Waals surface area contributed by atoms with Crippen molar-refractivity contribution in [1.29, 1.82) is 0 Å². The number of hydrogen-bond donors (Lipinski definition) is 1. The SMILES string of the molecule is CC1C(N2CCOCC2)=NC(=NCc2ccccc2N2CCOCC2)NC1n1c(C(F)F)nc2ccccc21. The standard InChI is InChI=1S/C28H33F2N7O2/c1-19-25(36-12-16-39-17-13-36)33-28(31-18-20-6-2-4-8-22(20)35-10-14-38-15-11-35)34-26(19)37-23-9-5-3-7-21(23)32-27(37)24(29)30/h2-9,19,24,26H,10-18H2,1H3,(H,31,34). The second-order valence-corrected chi connectivity index (χ2v) is 9.94. The average Bonchev–Trinajstić information content (AvgIpc) is 3.38. The first-order valence-electron chi connectivity index (χ1n) is 13.5. The number of morpholine rings is 2. The second-order valence-electron chi connectivity index (χ2n) is 9.94. The molecule has 1 N–H and O–H groups in total. The fraction of sp³-hybridized carbons (Fsp3) is 0.464. The largest absolute Gasteiger partial charge is 0.378 e. The molecule has 2 aromatic carbocycles. The maximum Gasteiger partial charge on any atom is 0.295 e. The van der Waals surface area contributed by atoms with Crippen LogP contribution in [-0.4, -0.2) is 78.9 Å². The van der Waals surface area contributed by atoms with Gasteiger partial charge in [-0.25, -0.2) is 18.8 Å². The van der Waals surface area contributed by atoms with Gasteiger partial charge >= 0.3 is 0 Å². The maximum atomic E-state index is 14.3. The van der Waals surface area contributed by atoms with Gasteiger partial charge in [-0.2, -0.15) is 4.99 Å². The second kappa shape index (κ2) is 11.3. The van der Waals surface area contributed by atoms with Crippen LogP contribution in [0.2, 0.25) is 0 Å². The molecule has 0 amide bonds. The van der Waals surface area contributed by atoms with Crippen LogP contribution in [0.25, 0.3) is 11.0 Å². The molecule has 9 nitrogen and oxygen atoms in total. The van der Waals surface area contributed by atoms with Crippen LogP contribution in [0.4, 0.5) is 14.5 Å². The molecule has 0 radical (unpaired) electrons. The number of imidazole rings is 1. The van der Waals surface area contributed by atoms with Crippen LogP contribution < -0.4 is 10.2 Å². The minimum atomic E-state index is -2.72. The van der Waals surface area contributed by atoms with Crippen LogP contribution in [0.3, 0.4) is 0 Å². The highest BCUT2D eigenvalue weighted by Crippen LogP contribution is 2.33. The van der Waals surface area contributed by atoms with Crippen molar-refractivity contribution in [2.45, 2.75) is 26.1 Å². The number of para-hydroxylation sites is 3.